The molecule has 0 bridgehead atoms. The van der Waals surface area contributed by atoms with Crippen LogP contribution in [0.3, 0.4) is 0 Å². The predicted molar refractivity (Wildman–Crippen MR) is 342 cm³/mol. The van der Waals surface area contributed by atoms with Crippen LogP contribution in [0.1, 0.15) is 316 Å². The number of rotatable bonds is 61. The summed E-state index contributed by atoms with van der Waals surface area (Å²) in [7, 11) is 1.49. The summed E-state index contributed by atoms with van der Waals surface area (Å²) < 4.78 is 30.8. The molecule has 3 unspecified atom stereocenters. The summed E-state index contributed by atoms with van der Waals surface area (Å²) in [5, 5.41) is 3.06. The van der Waals surface area contributed by atoms with Gasteiger partial charge in [0, 0.05) is 12.8 Å². The minimum atomic E-state index is -4.46. The summed E-state index contributed by atoms with van der Waals surface area (Å²) in [6, 6.07) is -0.858. The highest BCUT2D eigenvalue weighted by atomic mass is 31.2. The fraction of sp³-hybridized carbons (Fsp3) is 0.826. The minimum Gasteiger partial charge on any atom is -0.456 e. The molecular formula is C69H130N2O7P+. The van der Waals surface area contributed by atoms with Gasteiger partial charge in [-0.1, -0.05) is 268 Å². The van der Waals surface area contributed by atoms with E-state index in [9.17, 15) is 19.0 Å². The first-order valence-corrected chi connectivity index (χ1v) is 35.1. The van der Waals surface area contributed by atoms with Crippen molar-refractivity contribution in [2.75, 3.05) is 40.9 Å². The summed E-state index contributed by atoms with van der Waals surface area (Å²) >= 11 is 0. The van der Waals surface area contributed by atoms with Gasteiger partial charge in [0.05, 0.1) is 33.8 Å². The maximum atomic E-state index is 13.6. The highest BCUT2D eigenvalue weighted by Gasteiger charge is 2.30. The molecule has 2 N–H and O–H groups in total. The van der Waals surface area contributed by atoms with Crippen LogP contribution in [0.2, 0.25) is 0 Å². The molecule has 0 aromatic heterocycles. The lowest BCUT2D eigenvalue weighted by Crippen LogP contribution is -2.47. The van der Waals surface area contributed by atoms with Gasteiger partial charge in [-0.15, -0.1) is 0 Å². The molecule has 10 heteroatoms. The second-order valence-corrected chi connectivity index (χ2v) is 25.4. The summed E-state index contributed by atoms with van der Waals surface area (Å²) in [4.78, 5) is 37.8. The van der Waals surface area contributed by atoms with Crippen molar-refractivity contribution < 1.29 is 37.3 Å². The number of hydrogen-bond acceptors (Lipinski definition) is 6. The van der Waals surface area contributed by atoms with E-state index in [1.807, 2.05) is 33.3 Å². The maximum Gasteiger partial charge on any atom is 0.472 e. The van der Waals surface area contributed by atoms with Crippen LogP contribution in [0.4, 0.5) is 0 Å². The van der Waals surface area contributed by atoms with E-state index in [-0.39, 0.29) is 31.5 Å². The van der Waals surface area contributed by atoms with Crippen LogP contribution >= 0.6 is 7.82 Å². The standard InChI is InChI=1S/C69H129N2O7P/c1-7-10-13-16-19-22-25-28-30-32-33-34-35-36-37-39-40-43-46-49-52-55-58-61-68(72)70-66(65-77-79(74,75)76-64-63-71(4,5)6)67(60-57-54-51-48-45-42-27-24-21-18-15-12-9-3)78-69(73)62-59-56-53-50-47-44-41-38-31-29-26-23-20-17-14-11-8-2/h20,23,28-31,41,44,57,60,66-67H,7-19,21-22,24-27,32-40,42-43,45-56,58-59,61-65H2,1-6H3,(H-,70,72,74,75)/p+1/b23-20-,30-28+,31-29-,44-41-,60-57-. The summed E-state index contributed by atoms with van der Waals surface area (Å²) in [5.74, 6) is -0.521. The highest BCUT2D eigenvalue weighted by molar-refractivity contribution is 7.47. The Hall–Kier alpha value is -2.29. The number of carbonyl (C=O) groups is 2. The van der Waals surface area contributed by atoms with Gasteiger partial charge in [-0.3, -0.25) is 18.6 Å². The van der Waals surface area contributed by atoms with Gasteiger partial charge in [-0.05, 0) is 96.0 Å². The third-order valence-electron chi connectivity index (χ3n) is 14.9. The molecule has 0 radical (unpaired) electrons. The number of unbranched alkanes of at least 4 members (excludes halogenated alkanes) is 37. The molecule has 1 amide bonds. The lowest BCUT2D eigenvalue weighted by atomic mass is 10.0. The van der Waals surface area contributed by atoms with Crippen LogP contribution in [0, 0.1) is 0 Å². The normalized spacial score (nSPS) is 14.0. The molecule has 0 spiro atoms. The number of esters is 1. The average molecular weight is 1130 g/mol. The lowest BCUT2D eigenvalue weighted by Gasteiger charge is -2.27. The van der Waals surface area contributed by atoms with Crippen molar-refractivity contribution in [3.8, 4) is 0 Å². The van der Waals surface area contributed by atoms with Crippen LogP contribution in [-0.2, 0) is 27.9 Å². The van der Waals surface area contributed by atoms with Gasteiger partial charge in [0.25, 0.3) is 0 Å². The van der Waals surface area contributed by atoms with Crippen molar-refractivity contribution in [1.29, 1.82) is 0 Å². The molecule has 0 aliphatic heterocycles. The molecule has 79 heavy (non-hydrogen) atoms. The van der Waals surface area contributed by atoms with E-state index in [4.69, 9.17) is 13.8 Å². The fourth-order valence-corrected chi connectivity index (χ4v) is 10.4. The Morgan fingerprint density at radius 2 is 0.772 bits per heavy atom. The zero-order valence-electron chi connectivity index (χ0n) is 52.9. The molecule has 0 aliphatic rings. The number of likely N-dealkylation sites (N-methyl/N-ethyl adjacent to an activating group) is 1. The maximum absolute atomic E-state index is 13.6. The molecule has 0 aliphatic carbocycles. The molecule has 0 aromatic rings. The number of amides is 1. The topological polar surface area (TPSA) is 111 Å². The van der Waals surface area contributed by atoms with Crippen molar-refractivity contribution in [3.05, 3.63) is 60.8 Å². The summed E-state index contributed by atoms with van der Waals surface area (Å²) in [5.41, 5.74) is 0. The Kier molecular flexibility index (Phi) is 57.2. The Labute approximate surface area is 490 Å². The van der Waals surface area contributed by atoms with Crippen LogP contribution in [0.15, 0.2) is 60.8 Å². The van der Waals surface area contributed by atoms with Crippen LogP contribution in [0.25, 0.3) is 0 Å². The number of nitrogens with one attached hydrogen (secondary N) is 1. The molecule has 0 saturated heterocycles. The number of allylic oxidation sites excluding steroid dienone is 9. The monoisotopic (exact) mass is 1130 g/mol. The number of hydrogen-bond donors (Lipinski definition) is 2. The lowest BCUT2D eigenvalue weighted by molar-refractivity contribution is -0.870. The smallest absolute Gasteiger partial charge is 0.456 e. The zero-order chi connectivity index (χ0) is 57.9. The largest absolute Gasteiger partial charge is 0.472 e. The second-order valence-electron chi connectivity index (χ2n) is 24.0. The second kappa shape index (κ2) is 58.9. The van der Waals surface area contributed by atoms with E-state index in [2.05, 4.69) is 74.7 Å². The molecule has 0 rings (SSSR count). The van der Waals surface area contributed by atoms with E-state index < -0.39 is 20.0 Å². The molecule has 0 saturated carbocycles. The third-order valence-corrected chi connectivity index (χ3v) is 15.9. The molecular weight excluding hydrogens is 1000 g/mol. The van der Waals surface area contributed by atoms with Crippen molar-refractivity contribution >= 4 is 19.7 Å². The van der Waals surface area contributed by atoms with Crippen molar-refractivity contribution in [3.63, 3.8) is 0 Å². The first-order valence-electron chi connectivity index (χ1n) is 33.6. The Bertz CT molecular complexity index is 1540. The van der Waals surface area contributed by atoms with Crippen molar-refractivity contribution in [1.82, 2.24) is 5.32 Å². The van der Waals surface area contributed by atoms with Crippen LogP contribution < -0.4 is 5.32 Å². The highest BCUT2D eigenvalue weighted by Crippen LogP contribution is 2.43. The number of nitrogens with zero attached hydrogens (tertiary/aromatic N) is 1. The quantitative estimate of drug-likeness (QED) is 0.0205. The Morgan fingerprint density at radius 3 is 1.19 bits per heavy atom. The van der Waals surface area contributed by atoms with E-state index in [0.29, 0.717) is 23.9 Å². The first kappa shape index (κ1) is 76.7. The van der Waals surface area contributed by atoms with Gasteiger partial charge in [-0.25, -0.2) is 4.57 Å². The van der Waals surface area contributed by atoms with Gasteiger partial charge >= 0.3 is 13.8 Å². The Balaban J connectivity index is 5.19. The van der Waals surface area contributed by atoms with Gasteiger partial charge in [0.1, 0.15) is 19.3 Å². The number of ether oxygens (including phenoxy) is 1. The Morgan fingerprint density at radius 1 is 0.443 bits per heavy atom. The third kappa shape index (κ3) is 60.1. The van der Waals surface area contributed by atoms with E-state index >= 15 is 0 Å². The predicted octanol–water partition coefficient (Wildman–Crippen LogP) is 21.0. The number of carbonyl (C=O) groups excluding carboxylic acids is 2. The summed E-state index contributed by atoms with van der Waals surface area (Å²) in [6.45, 7) is 7.00. The zero-order valence-corrected chi connectivity index (χ0v) is 53.8. The number of phosphoric ester groups is 1. The van der Waals surface area contributed by atoms with Gasteiger partial charge in [0.15, 0.2) is 0 Å². The molecule has 0 fully saturated rings. The molecule has 0 aromatic carbocycles. The minimum absolute atomic E-state index is 0.0361. The molecule has 3 atom stereocenters. The molecule has 462 valence electrons. The SMILES string of the molecule is CCCCC/C=C\C/C=C\C/C=C\CCCCCCC(=O)OC(/C=C\CCCCCCCCCCCCC)C(COP(=O)(O)OCC[N+](C)(C)C)NC(=O)CCCCCCCCCCCCCCC/C=C/CCCCCCCC. The van der Waals surface area contributed by atoms with Gasteiger partial charge in [0.2, 0.25) is 5.91 Å². The summed E-state index contributed by atoms with van der Waals surface area (Å²) in [6.07, 6.45) is 75.1. The fourth-order valence-electron chi connectivity index (χ4n) is 9.71. The number of phosphoric acid groups is 1. The van der Waals surface area contributed by atoms with Crippen LogP contribution in [0.5, 0.6) is 0 Å². The molecule has 9 nitrogen and oxygen atoms in total. The van der Waals surface area contributed by atoms with E-state index in [0.717, 1.165) is 77.0 Å². The van der Waals surface area contributed by atoms with Crippen molar-refractivity contribution in [2.45, 2.75) is 328 Å². The number of quaternary nitrogens is 1. The average Bonchev–Trinajstić information content (AvgIpc) is 3.41. The molecule has 0 heterocycles. The van der Waals surface area contributed by atoms with E-state index in [1.54, 1.807) is 0 Å². The van der Waals surface area contributed by atoms with Crippen molar-refractivity contribution in [2.24, 2.45) is 0 Å². The van der Waals surface area contributed by atoms with Gasteiger partial charge < -0.3 is 19.4 Å². The first-order chi connectivity index (χ1) is 38.4. The van der Waals surface area contributed by atoms with Gasteiger partial charge in [-0.2, -0.15) is 0 Å². The van der Waals surface area contributed by atoms with Crippen LogP contribution in [-0.4, -0.2) is 74.3 Å². The van der Waals surface area contributed by atoms with E-state index in [1.165, 1.54) is 199 Å².